The Kier molecular flexibility index (Phi) is 3.20. The van der Waals surface area contributed by atoms with Crippen molar-refractivity contribution in [1.29, 1.82) is 0 Å². The molecule has 0 radical (unpaired) electrons. The van der Waals surface area contributed by atoms with Crippen LogP contribution in [0.1, 0.15) is 0 Å². The molecule has 0 bridgehead atoms. The van der Waals surface area contributed by atoms with Crippen LogP contribution in [0.3, 0.4) is 0 Å². The molecule has 0 heterocycles. The zero-order valence-electron chi connectivity index (χ0n) is 8.96. The molecule has 2 N–H and O–H groups in total. The number of nitro benzene ring substituents is 1. The van der Waals surface area contributed by atoms with Gasteiger partial charge in [0.15, 0.2) is 0 Å². The highest BCUT2D eigenvalue weighted by Crippen LogP contribution is 2.17. The first-order valence-electron chi connectivity index (χ1n) is 5.07. The highest BCUT2D eigenvalue weighted by atomic mass is 16.6. The van der Waals surface area contributed by atoms with Gasteiger partial charge < -0.3 is 10.9 Å². The van der Waals surface area contributed by atoms with E-state index in [0.29, 0.717) is 5.69 Å². The Hall–Kier alpha value is -2.56. The molecule has 0 fully saturated rings. The van der Waals surface area contributed by atoms with Gasteiger partial charge in [0.2, 0.25) is 0 Å². The summed E-state index contributed by atoms with van der Waals surface area (Å²) in [5, 5.41) is 10.6. The van der Waals surface area contributed by atoms with Gasteiger partial charge in [-0.15, -0.1) is 0 Å². The lowest BCUT2D eigenvalue weighted by molar-refractivity contribution is -0.384. The van der Waals surface area contributed by atoms with E-state index < -0.39 is 4.92 Å². The fraction of sp³-hybridized carbons (Fsp3) is 0. The number of benzene rings is 2. The third kappa shape index (κ3) is 2.94. The number of anilines is 2. The Labute approximate surface area is 98.2 Å². The monoisotopic (exact) mass is 229 g/mol. The van der Waals surface area contributed by atoms with Crippen LogP contribution in [0, 0.1) is 10.1 Å². The molecule has 0 aromatic heterocycles. The van der Waals surface area contributed by atoms with E-state index >= 15 is 0 Å². The minimum absolute atomic E-state index is 0.0601. The Morgan fingerprint density at radius 1 is 0.882 bits per heavy atom. The van der Waals surface area contributed by atoms with E-state index in [1.807, 2.05) is 30.3 Å². The lowest BCUT2D eigenvalue weighted by atomic mass is 10.3. The lowest BCUT2D eigenvalue weighted by Gasteiger charge is -2.08. The van der Waals surface area contributed by atoms with Crippen molar-refractivity contribution >= 4 is 17.1 Å². The minimum Gasteiger partial charge on any atom is -0.301 e. The number of hydrogen-bond donors (Lipinski definition) is 2. The van der Waals surface area contributed by atoms with Gasteiger partial charge in [-0.1, -0.05) is 24.3 Å². The minimum atomic E-state index is -0.423. The van der Waals surface area contributed by atoms with Gasteiger partial charge in [-0.3, -0.25) is 10.1 Å². The molecule has 0 aliphatic carbocycles. The fourth-order valence-corrected chi connectivity index (χ4v) is 1.36. The van der Waals surface area contributed by atoms with E-state index in [-0.39, 0.29) is 5.69 Å². The molecular formula is C12H11N3O2. The maximum absolute atomic E-state index is 10.6. The number of non-ortho nitro benzene ring substituents is 1. The summed E-state index contributed by atoms with van der Waals surface area (Å²) < 4.78 is 0. The van der Waals surface area contributed by atoms with Crippen LogP contribution in [-0.4, -0.2) is 4.92 Å². The highest BCUT2D eigenvalue weighted by Gasteiger charge is 2.04. The predicted molar refractivity (Wildman–Crippen MR) is 66.8 cm³/mol. The molecule has 2 rings (SSSR count). The van der Waals surface area contributed by atoms with E-state index in [4.69, 9.17) is 0 Å². The first kappa shape index (κ1) is 10.9. The normalized spacial score (nSPS) is 9.65. The van der Waals surface area contributed by atoms with Crippen molar-refractivity contribution in [3.05, 3.63) is 64.7 Å². The Morgan fingerprint density at radius 3 is 2.24 bits per heavy atom. The Balaban J connectivity index is 2.04. The van der Waals surface area contributed by atoms with Crippen LogP contribution in [0.5, 0.6) is 0 Å². The molecule has 0 saturated heterocycles. The van der Waals surface area contributed by atoms with Crippen LogP contribution in [-0.2, 0) is 0 Å². The summed E-state index contributed by atoms with van der Waals surface area (Å²) in [6, 6.07) is 15.8. The first-order valence-corrected chi connectivity index (χ1v) is 5.07. The quantitative estimate of drug-likeness (QED) is 0.624. The van der Waals surface area contributed by atoms with Crippen LogP contribution in [0.25, 0.3) is 0 Å². The molecule has 0 aliphatic heterocycles. The summed E-state index contributed by atoms with van der Waals surface area (Å²) >= 11 is 0. The van der Waals surface area contributed by atoms with E-state index in [1.54, 1.807) is 12.1 Å². The van der Waals surface area contributed by atoms with Crippen LogP contribution in [0.4, 0.5) is 17.1 Å². The van der Waals surface area contributed by atoms with E-state index in [1.165, 1.54) is 12.1 Å². The van der Waals surface area contributed by atoms with Gasteiger partial charge in [-0.2, -0.15) is 0 Å². The molecule has 5 heteroatoms. The van der Waals surface area contributed by atoms with Gasteiger partial charge in [-0.25, -0.2) is 0 Å². The molecule has 0 amide bonds. The topological polar surface area (TPSA) is 67.2 Å². The molecule has 0 aliphatic rings. The van der Waals surface area contributed by atoms with Gasteiger partial charge >= 0.3 is 0 Å². The second kappa shape index (κ2) is 4.98. The van der Waals surface area contributed by atoms with Crippen molar-refractivity contribution in [3.8, 4) is 0 Å². The number of rotatable bonds is 4. The zero-order valence-corrected chi connectivity index (χ0v) is 8.96. The average Bonchev–Trinajstić information content (AvgIpc) is 2.38. The molecule has 2 aromatic rings. The third-order valence-electron chi connectivity index (χ3n) is 2.18. The highest BCUT2D eigenvalue weighted by molar-refractivity contribution is 5.55. The number of nitro groups is 1. The van der Waals surface area contributed by atoms with Crippen LogP contribution < -0.4 is 10.9 Å². The average molecular weight is 229 g/mol. The first-order chi connectivity index (χ1) is 8.25. The molecule has 0 spiro atoms. The fourth-order valence-electron chi connectivity index (χ4n) is 1.36. The summed E-state index contributed by atoms with van der Waals surface area (Å²) in [6.07, 6.45) is 0. The van der Waals surface area contributed by atoms with Crippen molar-refractivity contribution < 1.29 is 4.92 Å². The van der Waals surface area contributed by atoms with Gasteiger partial charge in [-0.05, 0) is 18.2 Å². The molecule has 0 saturated carbocycles. The van der Waals surface area contributed by atoms with Gasteiger partial charge in [0.25, 0.3) is 5.69 Å². The van der Waals surface area contributed by atoms with Crippen molar-refractivity contribution in [2.24, 2.45) is 0 Å². The van der Waals surface area contributed by atoms with Crippen LogP contribution in [0.15, 0.2) is 54.6 Å². The number of nitrogens with one attached hydrogen (secondary N) is 2. The largest absolute Gasteiger partial charge is 0.301 e. The maximum Gasteiger partial charge on any atom is 0.271 e. The standard InChI is InChI=1S/C12H11N3O2/c16-15(17)12-8-4-7-11(9-12)14-13-10-5-2-1-3-6-10/h1-9,13-14H. The van der Waals surface area contributed by atoms with E-state index in [9.17, 15) is 10.1 Å². The van der Waals surface area contributed by atoms with Crippen LogP contribution >= 0.6 is 0 Å². The van der Waals surface area contributed by atoms with E-state index in [2.05, 4.69) is 10.9 Å². The number of hydrazine groups is 1. The van der Waals surface area contributed by atoms with Crippen LogP contribution in [0.2, 0.25) is 0 Å². The molecule has 17 heavy (non-hydrogen) atoms. The summed E-state index contributed by atoms with van der Waals surface area (Å²) in [7, 11) is 0. The number of para-hydroxylation sites is 1. The van der Waals surface area contributed by atoms with Crippen molar-refractivity contribution in [2.45, 2.75) is 0 Å². The van der Waals surface area contributed by atoms with Gasteiger partial charge in [0.05, 0.1) is 16.3 Å². The van der Waals surface area contributed by atoms with Crippen molar-refractivity contribution in [2.75, 3.05) is 10.9 Å². The third-order valence-corrected chi connectivity index (χ3v) is 2.18. The van der Waals surface area contributed by atoms with E-state index in [0.717, 1.165) is 5.69 Å². The SMILES string of the molecule is O=[N+]([O-])c1cccc(NNc2ccccc2)c1. The maximum atomic E-state index is 10.6. The van der Waals surface area contributed by atoms with Gasteiger partial charge in [0.1, 0.15) is 0 Å². The second-order valence-electron chi connectivity index (χ2n) is 3.42. The molecule has 2 aromatic carbocycles. The summed E-state index contributed by atoms with van der Waals surface area (Å²) in [4.78, 5) is 10.2. The zero-order chi connectivity index (χ0) is 12.1. The number of nitrogens with zero attached hydrogens (tertiary/aromatic N) is 1. The van der Waals surface area contributed by atoms with Crippen molar-refractivity contribution in [1.82, 2.24) is 0 Å². The predicted octanol–water partition coefficient (Wildman–Crippen LogP) is 3.03. The molecule has 0 atom stereocenters. The number of hydrogen-bond acceptors (Lipinski definition) is 4. The Morgan fingerprint density at radius 2 is 1.53 bits per heavy atom. The summed E-state index contributed by atoms with van der Waals surface area (Å²) in [5.74, 6) is 0. The lowest BCUT2D eigenvalue weighted by Crippen LogP contribution is -2.08. The molecule has 5 nitrogen and oxygen atoms in total. The summed E-state index contributed by atoms with van der Waals surface area (Å²) in [6.45, 7) is 0. The molecule has 86 valence electrons. The smallest absolute Gasteiger partial charge is 0.271 e. The second-order valence-corrected chi connectivity index (χ2v) is 3.42. The molecule has 0 unspecified atom stereocenters. The van der Waals surface area contributed by atoms with Gasteiger partial charge in [0, 0.05) is 12.1 Å². The summed E-state index contributed by atoms with van der Waals surface area (Å²) in [5.41, 5.74) is 7.45. The Bertz CT molecular complexity index is 514. The van der Waals surface area contributed by atoms with Crippen molar-refractivity contribution in [3.63, 3.8) is 0 Å². The molecular weight excluding hydrogens is 218 g/mol.